The maximum absolute atomic E-state index is 12.6. The van der Waals surface area contributed by atoms with Crippen LogP contribution in [0.3, 0.4) is 0 Å². The highest BCUT2D eigenvalue weighted by Crippen LogP contribution is 2.38. The van der Waals surface area contributed by atoms with Crippen LogP contribution in [0.15, 0.2) is 58.8 Å². The van der Waals surface area contributed by atoms with Crippen molar-refractivity contribution in [1.29, 1.82) is 0 Å². The predicted molar refractivity (Wildman–Crippen MR) is 134 cm³/mol. The number of quaternary nitrogens is 1. The van der Waals surface area contributed by atoms with Crippen LogP contribution < -0.4 is 9.80 Å². The van der Waals surface area contributed by atoms with Gasteiger partial charge in [0.25, 0.3) is 5.91 Å². The first-order valence-electron chi connectivity index (χ1n) is 11.8. The Bertz CT molecular complexity index is 1080. The van der Waals surface area contributed by atoms with Gasteiger partial charge in [0.2, 0.25) is 5.88 Å². The Morgan fingerprint density at radius 1 is 1.00 bits per heavy atom. The monoisotopic (exact) mass is 450 g/mol. The molecule has 7 heteroatoms. The maximum Gasteiger partial charge on any atom is 0.295 e. The number of carbonyl (C=O) groups excluding carboxylic acids is 1. The number of benzene rings is 2. The Hall–Kier alpha value is -3.19. The summed E-state index contributed by atoms with van der Waals surface area (Å²) in [5.74, 6) is -0.379. The number of nitrogens with one attached hydrogen (secondary N) is 1. The summed E-state index contributed by atoms with van der Waals surface area (Å²) >= 11 is 0. The molecule has 3 rings (SSSR count). The van der Waals surface area contributed by atoms with E-state index < -0.39 is 5.91 Å². The van der Waals surface area contributed by atoms with Gasteiger partial charge >= 0.3 is 0 Å². The molecule has 176 valence electrons. The van der Waals surface area contributed by atoms with E-state index in [1.54, 1.807) is 12.1 Å². The summed E-state index contributed by atoms with van der Waals surface area (Å²) in [5.41, 5.74) is 2.70. The standard InChI is InChI=1S/C26H35N5O2/c1-5-7-17-30(18-8-6-2)19-31-23-12-10-9-11-22(23)24(26(31)33)27-28-25(32)20-13-15-21(16-14-20)29(3)4/h9-16,33H,5-8,17-19H2,1-4H3/p+1. The third-order valence-corrected chi connectivity index (χ3v) is 5.94. The molecule has 0 aliphatic heterocycles. The van der Waals surface area contributed by atoms with Gasteiger partial charge in [-0.15, -0.1) is 10.2 Å². The number of rotatable bonds is 11. The lowest BCUT2D eigenvalue weighted by molar-refractivity contribution is -0.923. The number of aromatic nitrogens is 1. The van der Waals surface area contributed by atoms with Crippen molar-refractivity contribution >= 4 is 28.2 Å². The van der Waals surface area contributed by atoms with Crippen molar-refractivity contribution in [2.24, 2.45) is 10.2 Å². The number of carbonyl (C=O) groups is 1. The minimum atomic E-state index is -0.435. The molecule has 0 unspecified atom stereocenters. The van der Waals surface area contributed by atoms with Gasteiger partial charge in [-0.2, -0.15) is 0 Å². The zero-order chi connectivity index (χ0) is 23.8. The molecule has 0 aliphatic rings. The van der Waals surface area contributed by atoms with E-state index in [1.165, 1.54) is 4.90 Å². The van der Waals surface area contributed by atoms with Crippen molar-refractivity contribution in [3.63, 3.8) is 0 Å². The van der Waals surface area contributed by atoms with Crippen molar-refractivity contribution in [1.82, 2.24) is 4.57 Å². The normalized spacial score (nSPS) is 11.7. The molecule has 2 N–H and O–H groups in total. The van der Waals surface area contributed by atoms with E-state index in [1.807, 2.05) is 60.0 Å². The van der Waals surface area contributed by atoms with Gasteiger partial charge in [-0.25, -0.2) is 0 Å². The number of anilines is 1. The first kappa shape index (κ1) is 24.5. The van der Waals surface area contributed by atoms with Gasteiger partial charge in [0, 0.05) is 30.7 Å². The molecular weight excluding hydrogens is 414 g/mol. The van der Waals surface area contributed by atoms with Crippen LogP contribution in [-0.4, -0.2) is 42.8 Å². The minimum absolute atomic E-state index is 0.0567. The smallest absolute Gasteiger partial charge is 0.295 e. The van der Waals surface area contributed by atoms with E-state index in [4.69, 9.17) is 0 Å². The highest BCUT2D eigenvalue weighted by molar-refractivity contribution is 5.97. The second-order valence-electron chi connectivity index (χ2n) is 8.68. The lowest BCUT2D eigenvalue weighted by atomic mass is 10.2. The molecule has 0 atom stereocenters. The van der Waals surface area contributed by atoms with E-state index in [0.29, 0.717) is 17.9 Å². The summed E-state index contributed by atoms with van der Waals surface area (Å²) in [6.45, 7) is 7.16. The fourth-order valence-electron chi connectivity index (χ4n) is 3.95. The van der Waals surface area contributed by atoms with Gasteiger partial charge in [-0.1, -0.05) is 44.9 Å². The van der Waals surface area contributed by atoms with Gasteiger partial charge in [0.15, 0.2) is 12.4 Å². The summed E-state index contributed by atoms with van der Waals surface area (Å²) in [6, 6.07) is 15.0. The van der Waals surface area contributed by atoms with Gasteiger partial charge in [-0.05, 0) is 43.2 Å². The van der Waals surface area contributed by atoms with E-state index in [9.17, 15) is 9.90 Å². The summed E-state index contributed by atoms with van der Waals surface area (Å²) in [5, 5.41) is 20.0. The molecule has 0 spiro atoms. The van der Waals surface area contributed by atoms with Crippen molar-refractivity contribution in [2.75, 3.05) is 32.1 Å². The third-order valence-electron chi connectivity index (χ3n) is 5.94. The summed E-state index contributed by atoms with van der Waals surface area (Å²) < 4.78 is 1.90. The Balaban J connectivity index is 1.89. The van der Waals surface area contributed by atoms with Crippen LogP contribution in [0.5, 0.6) is 5.88 Å². The molecule has 0 saturated heterocycles. The molecule has 2 aromatic carbocycles. The molecule has 1 heterocycles. The first-order chi connectivity index (χ1) is 16.0. The topological polar surface area (TPSA) is 74.6 Å². The van der Waals surface area contributed by atoms with Crippen LogP contribution in [0.1, 0.15) is 49.9 Å². The maximum atomic E-state index is 12.6. The molecular formula is C26H36N5O2+. The van der Waals surface area contributed by atoms with Crippen molar-refractivity contribution in [3.05, 3.63) is 54.1 Å². The fourth-order valence-corrected chi connectivity index (χ4v) is 3.95. The van der Waals surface area contributed by atoms with E-state index in [0.717, 1.165) is 55.4 Å². The van der Waals surface area contributed by atoms with Crippen LogP contribution in [0.2, 0.25) is 0 Å². The van der Waals surface area contributed by atoms with Gasteiger partial charge in [-0.3, -0.25) is 9.36 Å². The minimum Gasteiger partial charge on any atom is -0.493 e. The lowest BCUT2D eigenvalue weighted by Crippen LogP contribution is -3.11. The van der Waals surface area contributed by atoms with Crippen LogP contribution in [-0.2, 0) is 6.67 Å². The predicted octanol–water partition coefficient (Wildman–Crippen LogP) is 4.78. The zero-order valence-corrected chi connectivity index (χ0v) is 20.2. The van der Waals surface area contributed by atoms with Gasteiger partial charge in [0.1, 0.15) is 0 Å². The zero-order valence-electron chi connectivity index (χ0n) is 20.2. The molecule has 33 heavy (non-hydrogen) atoms. The molecule has 0 bridgehead atoms. The van der Waals surface area contributed by atoms with Crippen LogP contribution >= 0.6 is 0 Å². The summed E-state index contributed by atoms with van der Waals surface area (Å²) in [4.78, 5) is 16.0. The lowest BCUT2D eigenvalue weighted by Gasteiger charge is -2.20. The molecule has 0 saturated carbocycles. The van der Waals surface area contributed by atoms with E-state index >= 15 is 0 Å². The number of aromatic hydroxyl groups is 1. The fraction of sp³-hybridized carbons (Fsp3) is 0.423. The van der Waals surface area contributed by atoms with Crippen LogP contribution in [0.25, 0.3) is 10.9 Å². The number of para-hydroxylation sites is 1. The molecule has 1 aromatic heterocycles. The number of amides is 1. The first-order valence-corrected chi connectivity index (χ1v) is 11.8. The molecule has 0 radical (unpaired) electrons. The van der Waals surface area contributed by atoms with Crippen LogP contribution in [0, 0.1) is 0 Å². The second-order valence-corrected chi connectivity index (χ2v) is 8.68. The number of nitrogens with zero attached hydrogens (tertiary/aromatic N) is 4. The third kappa shape index (κ3) is 5.99. The number of fused-ring (bicyclic) bond motifs is 1. The largest absolute Gasteiger partial charge is 0.493 e. The quantitative estimate of drug-likeness (QED) is 0.413. The van der Waals surface area contributed by atoms with E-state index in [-0.39, 0.29) is 5.88 Å². The Morgan fingerprint density at radius 2 is 1.64 bits per heavy atom. The van der Waals surface area contributed by atoms with Crippen molar-refractivity contribution in [3.8, 4) is 5.88 Å². The number of hydrogen-bond donors (Lipinski definition) is 2. The number of hydrogen-bond acceptors (Lipinski definition) is 4. The molecule has 0 fully saturated rings. The molecule has 0 aliphatic carbocycles. The second kappa shape index (κ2) is 11.6. The Kier molecular flexibility index (Phi) is 8.60. The average molecular weight is 451 g/mol. The number of azo groups is 1. The summed E-state index contributed by atoms with van der Waals surface area (Å²) in [7, 11) is 3.89. The molecule has 3 aromatic rings. The van der Waals surface area contributed by atoms with E-state index in [2.05, 4.69) is 24.1 Å². The SMILES string of the molecule is CCCC[NH+](CCCC)Cn1c(O)c(N=NC(=O)c2ccc(N(C)C)cc2)c2ccccc21. The highest BCUT2D eigenvalue weighted by atomic mass is 16.3. The van der Waals surface area contributed by atoms with Crippen molar-refractivity contribution < 1.29 is 14.8 Å². The van der Waals surface area contributed by atoms with Gasteiger partial charge < -0.3 is 14.9 Å². The number of unbranched alkanes of at least 4 members (excludes halogenated alkanes) is 2. The average Bonchev–Trinajstić information content (AvgIpc) is 3.09. The van der Waals surface area contributed by atoms with Crippen molar-refractivity contribution in [2.45, 2.75) is 46.2 Å². The van der Waals surface area contributed by atoms with Crippen LogP contribution in [0.4, 0.5) is 11.4 Å². The summed E-state index contributed by atoms with van der Waals surface area (Å²) in [6.07, 6.45) is 4.58. The Morgan fingerprint density at radius 3 is 2.24 bits per heavy atom. The molecule has 1 amide bonds. The molecule has 7 nitrogen and oxygen atoms in total. The highest BCUT2D eigenvalue weighted by Gasteiger charge is 2.20. The Labute approximate surface area is 196 Å². The van der Waals surface area contributed by atoms with Gasteiger partial charge in [0.05, 0.1) is 18.6 Å².